The van der Waals surface area contributed by atoms with Crippen LogP contribution in [0.15, 0.2) is 23.2 Å². The van der Waals surface area contributed by atoms with Crippen molar-refractivity contribution in [3.63, 3.8) is 0 Å². The fraction of sp³-hybridized carbons (Fsp3) is 0.583. The van der Waals surface area contributed by atoms with Crippen LogP contribution in [0.5, 0.6) is 0 Å². The lowest BCUT2D eigenvalue weighted by Gasteiger charge is -2.08. The summed E-state index contributed by atoms with van der Waals surface area (Å²) in [6, 6.07) is 3.88. The highest BCUT2D eigenvalue weighted by Crippen LogP contribution is 2.22. The monoisotopic (exact) mass is 238 g/mol. The molecule has 0 radical (unpaired) electrons. The zero-order chi connectivity index (χ0) is 11.2. The standard InChI is InChI=1S/C12H18N2OS/c13-12-6-5-11(9-14-12)16-8-2-4-10-3-1-7-15-10/h5-6,9-10H,1-4,7-8H2,(H2,13,14). The molecule has 0 bridgehead atoms. The molecule has 1 atom stereocenters. The van der Waals surface area contributed by atoms with Gasteiger partial charge in [-0.15, -0.1) is 11.8 Å². The maximum absolute atomic E-state index is 5.58. The summed E-state index contributed by atoms with van der Waals surface area (Å²) in [5.74, 6) is 1.72. The summed E-state index contributed by atoms with van der Waals surface area (Å²) in [5.41, 5.74) is 5.53. The van der Waals surface area contributed by atoms with Crippen molar-refractivity contribution in [2.24, 2.45) is 0 Å². The molecule has 1 aliphatic heterocycles. The first-order valence-electron chi connectivity index (χ1n) is 5.80. The predicted molar refractivity (Wildman–Crippen MR) is 67.6 cm³/mol. The third-order valence-electron chi connectivity index (χ3n) is 2.72. The smallest absolute Gasteiger partial charge is 0.123 e. The van der Waals surface area contributed by atoms with E-state index in [0.29, 0.717) is 11.9 Å². The molecule has 0 aliphatic carbocycles. The highest BCUT2D eigenvalue weighted by atomic mass is 32.2. The number of anilines is 1. The van der Waals surface area contributed by atoms with E-state index in [4.69, 9.17) is 10.5 Å². The molecule has 1 aliphatic rings. The minimum Gasteiger partial charge on any atom is -0.384 e. The first-order valence-corrected chi connectivity index (χ1v) is 6.79. The van der Waals surface area contributed by atoms with E-state index in [2.05, 4.69) is 4.98 Å². The molecule has 4 heteroatoms. The Hall–Kier alpha value is -0.740. The van der Waals surface area contributed by atoms with E-state index in [9.17, 15) is 0 Å². The highest BCUT2D eigenvalue weighted by molar-refractivity contribution is 7.99. The van der Waals surface area contributed by atoms with E-state index in [0.717, 1.165) is 12.4 Å². The van der Waals surface area contributed by atoms with Gasteiger partial charge in [0.25, 0.3) is 0 Å². The topological polar surface area (TPSA) is 48.1 Å². The van der Waals surface area contributed by atoms with Crippen LogP contribution in [0.25, 0.3) is 0 Å². The zero-order valence-electron chi connectivity index (χ0n) is 9.39. The van der Waals surface area contributed by atoms with E-state index >= 15 is 0 Å². The van der Waals surface area contributed by atoms with Gasteiger partial charge in [-0.2, -0.15) is 0 Å². The number of hydrogen-bond acceptors (Lipinski definition) is 4. The van der Waals surface area contributed by atoms with E-state index in [1.807, 2.05) is 30.1 Å². The molecule has 2 N–H and O–H groups in total. The average molecular weight is 238 g/mol. The van der Waals surface area contributed by atoms with Crippen molar-refractivity contribution in [1.82, 2.24) is 4.98 Å². The van der Waals surface area contributed by atoms with Gasteiger partial charge in [0.05, 0.1) is 6.10 Å². The Morgan fingerprint density at radius 2 is 2.44 bits per heavy atom. The van der Waals surface area contributed by atoms with Crippen molar-refractivity contribution in [2.75, 3.05) is 18.1 Å². The Morgan fingerprint density at radius 1 is 1.50 bits per heavy atom. The lowest BCUT2D eigenvalue weighted by atomic mass is 10.1. The molecule has 0 amide bonds. The largest absolute Gasteiger partial charge is 0.384 e. The van der Waals surface area contributed by atoms with Crippen molar-refractivity contribution in [3.05, 3.63) is 18.3 Å². The Balaban J connectivity index is 1.62. The van der Waals surface area contributed by atoms with Crippen LogP contribution in [0.2, 0.25) is 0 Å². The van der Waals surface area contributed by atoms with Gasteiger partial charge in [-0.25, -0.2) is 4.98 Å². The van der Waals surface area contributed by atoms with Gasteiger partial charge in [0.15, 0.2) is 0 Å². The minimum absolute atomic E-state index is 0.519. The molecule has 16 heavy (non-hydrogen) atoms. The summed E-state index contributed by atoms with van der Waals surface area (Å²) >= 11 is 1.84. The highest BCUT2D eigenvalue weighted by Gasteiger charge is 2.14. The first-order chi connectivity index (χ1) is 7.84. The van der Waals surface area contributed by atoms with Crippen LogP contribution in [0.3, 0.4) is 0 Å². The number of pyridine rings is 1. The molecule has 0 aromatic carbocycles. The SMILES string of the molecule is Nc1ccc(SCCCC2CCCO2)cn1. The second-order valence-corrected chi connectivity index (χ2v) is 5.21. The first kappa shape index (κ1) is 11.7. The molecule has 3 nitrogen and oxygen atoms in total. The Bertz CT molecular complexity index is 309. The maximum atomic E-state index is 5.58. The molecular weight excluding hydrogens is 220 g/mol. The normalized spacial score (nSPS) is 20.1. The van der Waals surface area contributed by atoms with Gasteiger partial charge in [-0.05, 0) is 43.6 Å². The summed E-state index contributed by atoms with van der Waals surface area (Å²) in [7, 11) is 0. The third-order valence-corrected chi connectivity index (χ3v) is 3.79. The van der Waals surface area contributed by atoms with Crippen LogP contribution in [0.4, 0.5) is 5.82 Å². The van der Waals surface area contributed by atoms with Crippen LogP contribution in [-0.4, -0.2) is 23.4 Å². The van der Waals surface area contributed by atoms with Crippen molar-refractivity contribution in [2.45, 2.75) is 36.7 Å². The fourth-order valence-electron chi connectivity index (χ4n) is 1.85. The van der Waals surface area contributed by atoms with Crippen LogP contribution in [-0.2, 0) is 4.74 Å². The van der Waals surface area contributed by atoms with Crippen molar-refractivity contribution >= 4 is 17.6 Å². The maximum Gasteiger partial charge on any atom is 0.123 e. The molecule has 0 saturated carbocycles. The summed E-state index contributed by atoms with van der Waals surface area (Å²) in [5, 5.41) is 0. The Labute approximate surface area is 101 Å². The van der Waals surface area contributed by atoms with E-state index in [1.165, 1.54) is 30.6 Å². The van der Waals surface area contributed by atoms with Crippen LogP contribution in [0, 0.1) is 0 Å². The summed E-state index contributed by atoms with van der Waals surface area (Å²) in [4.78, 5) is 5.26. The van der Waals surface area contributed by atoms with Crippen LogP contribution in [0.1, 0.15) is 25.7 Å². The molecule has 2 rings (SSSR count). The average Bonchev–Trinajstić information content (AvgIpc) is 2.80. The lowest BCUT2D eigenvalue weighted by molar-refractivity contribution is 0.104. The second kappa shape index (κ2) is 6.11. The van der Waals surface area contributed by atoms with Gasteiger partial charge in [0.2, 0.25) is 0 Å². The van der Waals surface area contributed by atoms with E-state index in [1.54, 1.807) is 0 Å². The summed E-state index contributed by atoms with van der Waals surface area (Å²) < 4.78 is 5.58. The van der Waals surface area contributed by atoms with E-state index in [-0.39, 0.29) is 0 Å². The van der Waals surface area contributed by atoms with Crippen LogP contribution < -0.4 is 5.73 Å². The molecule has 1 fully saturated rings. The Morgan fingerprint density at radius 3 is 3.12 bits per heavy atom. The molecule has 1 aromatic heterocycles. The fourth-order valence-corrected chi connectivity index (χ4v) is 2.69. The molecule has 1 aromatic rings. The molecule has 2 heterocycles. The number of hydrogen-bond donors (Lipinski definition) is 1. The van der Waals surface area contributed by atoms with Crippen molar-refractivity contribution in [1.29, 1.82) is 0 Å². The molecule has 1 unspecified atom stereocenters. The van der Waals surface area contributed by atoms with Gasteiger partial charge < -0.3 is 10.5 Å². The molecule has 0 spiro atoms. The minimum atomic E-state index is 0.519. The van der Waals surface area contributed by atoms with Crippen LogP contribution >= 0.6 is 11.8 Å². The number of nitrogen functional groups attached to an aromatic ring is 1. The van der Waals surface area contributed by atoms with Gasteiger partial charge in [-0.3, -0.25) is 0 Å². The third kappa shape index (κ3) is 3.68. The number of ether oxygens (including phenoxy) is 1. The number of aromatic nitrogens is 1. The number of nitrogens with zero attached hydrogens (tertiary/aromatic N) is 1. The summed E-state index contributed by atoms with van der Waals surface area (Å²) in [6.45, 7) is 0.958. The lowest BCUT2D eigenvalue weighted by Crippen LogP contribution is -2.04. The quantitative estimate of drug-likeness (QED) is 0.633. The molecule has 1 saturated heterocycles. The number of thioether (sulfide) groups is 1. The van der Waals surface area contributed by atoms with Gasteiger partial charge in [0.1, 0.15) is 5.82 Å². The summed E-state index contributed by atoms with van der Waals surface area (Å²) in [6.07, 6.45) is 7.24. The molecular formula is C12H18N2OS. The van der Waals surface area contributed by atoms with Crippen molar-refractivity contribution in [3.8, 4) is 0 Å². The predicted octanol–water partition coefficient (Wildman–Crippen LogP) is 2.72. The van der Waals surface area contributed by atoms with Gasteiger partial charge in [0, 0.05) is 17.7 Å². The number of nitrogens with two attached hydrogens (primary N) is 1. The molecule has 88 valence electrons. The van der Waals surface area contributed by atoms with E-state index < -0.39 is 0 Å². The second-order valence-electron chi connectivity index (χ2n) is 4.04. The van der Waals surface area contributed by atoms with Gasteiger partial charge >= 0.3 is 0 Å². The Kier molecular flexibility index (Phi) is 4.48. The van der Waals surface area contributed by atoms with Gasteiger partial charge in [-0.1, -0.05) is 0 Å². The zero-order valence-corrected chi connectivity index (χ0v) is 10.2. The van der Waals surface area contributed by atoms with Crippen molar-refractivity contribution < 1.29 is 4.74 Å². The number of rotatable bonds is 5.